The smallest absolute Gasteiger partial charge is 0.0655 e. The molecule has 0 aromatic heterocycles. The first kappa shape index (κ1) is 17.2. The highest BCUT2D eigenvalue weighted by atomic mass is 16.5. The standard InChI is InChI=1S/C18H36N2O/c1-7-21-16-11-15(17(16,3)4)19-13-18(20(5)6)10-8-9-14(2)12-18/h14-16,19H,7-13H2,1-6H3. The lowest BCUT2D eigenvalue weighted by atomic mass is 9.64. The van der Waals surface area contributed by atoms with Gasteiger partial charge in [-0.05, 0) is 46.2 Å². The lowest BCUT2D eigenvalue weighted by molar-refractivity contribution is -0.116. The molecule has 4 unspecified atom stereocenters. The Bertz CT molecular complexity index is 342. The topological polar surface area (TPSA) is 24.5 Å². The number of ether oxygens (including phenoxy) is 1. The number of nitrogens with zero attached hydrogens (tertiary/aromatic N) is 1. The van der Waals surface area contributed by atoms with Gasteiger partial charge in [0, 0.05) is 30.1 Å². The minimum absolute atomic E-state index is 0.268. The lowest BCUT2D eigenvalue weighted by Crippen LogP contribution is -2.64. The van der Waals surface area contributed by atoms with Gasteiger partial charge in [-0.25, -0.2) is 0 Å². The molecule has 2 rings (SSSR count). The molecule has 1 N–H and O–H groups in total. The molecule has 2 aliphatic rings. The van der Waals surface area contributed by atoms with Crippen LogP contribution in [0.15, 0.2) is 0 Å². The SMILES string of the molecule is CCOC1CC(NCC2(N(C)C)CCCC(C)C2)C1(C)C. The molecular formula is C18H36N2O. The molecule has 124 valence electrons. The second-order valence-corrected chi connectivity index (χ2v) is 8.25. The van der Waals surface area contributed by atoms with Crippen LogP contribution in [0.4, 0.5) is 0 Å². The lowest BCUT2D eigenvalue weighted by Gasteiger charge is -2.54. The molecular weight excluding hydrogens is 260 g/mol. The zero-order valence-electron chi connectivity index (χ0n) is 15.0. The van der Waals surface area contributed by atoms with Gasteiger partial charge < -0.3 is 15.0 Å². The van der Waals surface area contributed by atoms with Gasteiger partial charge in [0.1, 0.15) is 0 Å². The monoisotopic (exact) mass is 296 g/mol. The van der Waals surface area contributed by atoms with E-state index in [4.69, 9.17) is 4.74 Å². The highest BCUT2D eigenvalue weighted by Gasteiger charge is 2.49. The first-order chi connectivity index (χ1) is 9.82. The van der Waals surface area contributed by atoms with Crippen LogP contribution in [0.5, 0.6) is 0 Å². The van der Waals surface area contributed by atoms with Gasteiger partial charge in [0.2, 0.25) is 0 Å². The number of hydrogen-bond acceptors (Lipinski definition) is 3. The Kier molecular flexibility index (Phi) is 5.38. The van der Waals surface area contributed by atoms with Crippen molar-refractivity contribution in [1.82, 2.24) is 10.2 Å². The first-order valence-corrected chi connectivity index (χ1v) is 8.84. The first-order valence-electron chi connectivity index (χ1n) is 8.84. The van der Waals surface area contributed by atoms with Crippen LogP contribution in [-0.2, 0) is 4.74 Å². The van der Waals surface area contributed by atoms with Crippen LogP contribution in [0, 0.1) is 11.3 Å². The molecule has 0 saturated heterocycles. The summed E-state index contributed by atoms with van der Waals surface area (Å²) in [4.78, 5) is 2.47. The largest absolute Gasteiger partial charge is 0.378 e. The van der Waals surface area contributed by atoms with Crippen LogP contribution in [-0.4, -0.2) is 49.8 Å². The molecule has 0 spiro atoms. The Morgan fingerprint density at radius 1 is 1.29 bits per heavy atom. The van der Waals surface area contributed by atoms with E-state index < -0.39 is 0 Å². The maximum atomic E-state index is 5.85. The maximum Gasteiger partial charge on any atom is 0.0655 e. The second kappa shape index (κ2) is 6.55. The van der Waals surface area contributed by atoms with Crippen LogP contribution in [0.1, 0.15) is 59.8 Å². The van der Waals surface area contributed by atoms with E-state index in [1.165, 1.54) is 32.1 Å². The highest BCUT2D eigenvalue weighted by molar-refractivity contribution is 5.05. The molecule has 0 aromatic rings. The van der Waals surface area contributed by atoms with Gasteiger partial charge in [0.15, 0.2) is 0 Å². The third-order valence-electron chi connectivity index (χ3n) is 6.24. The summed E-state index contributed by atoms with van der Waals surface area (Å²) >= 11 is 0. The van der Waals surface area contributed by atoms with Crippen LogP contribution in [0.3, 0.4) is 0 Å². The van der Waals surface area contributed by atoms with E-state index >= 15 is 0 Å². The fourth-order valence-electron chi connectivity index (χ4n) is 4.39. The molecule has 21 heavy (non-hydrogen) atoms. The average molecular weight is 296 g/mol. The van der Waals surface area contributed by atoms with E-state index in [-0.39, 0.29) is 5.41 Å². The Hall–Kier alpha value is -0.120. The molecule has 0 aliphatic heterocycles. The molecule has 2 aliphatic carbocycles. The minimum Gasteiger partial charge on any atom is -0.378 e. The predicted octanol–water partition coefficient (Wildman–Crippen LogP) is 3.29. The van der Waals surface area contributed by atoms with Crippen molar-refractivity contribution in [3.63, 3.8) is 0 Å². The van der Waals surface area contributed by atoms with Crippen molar-refractivity contribution < 1.29 is 4.74 Å². The summed E-state index contributed by atoms with van der Waals surface area (Å²) in [6.07, 6.45) is 7.03. The van der Waals surface area contributed by atoms with Crippen molar-refractivity contribution in [3.8, 4) is 0 Å². The van der Waals surface area contributed by atoms with E-state index in [0.29, 0.717) is 17.7 Å². The van der Waals surface area contributed by atoms with E-state index in [9.17, 15) is 0 Å². The quantitative estimate of drug-likeness (QED) is 0.814. The average Bonchev–Trinajstić information content (AvgIpc) is 2.41. The number of rotatable bonds is 6. The van der Waals surface area contributed by atoms with E-state index in [1.54, 1.807) is 0 Å². The highest BCUT2D eigenvalue weighted by Crippen LogP contribution is 2.43. The summed E-state index contributed by atoms with van der Waals surface area (Å²) in [5, 5.41) is 3.89. The van der Waals surface area contributed by atoms with Gasteiger partial charge in [-0.15, -0.1) is 0 Å². The zero-order valence-corrected chi connectivity index (χ0v) is 15.0. The Labute approximate surface area is 131 Å². The molecule has 0 heterocycles. The van der Waals surface area contributed by atoms with Gasteiger partial charge in [0.05, 0.1) is 6.10 Å². The fourth-order valence-corrected chi connectivity index (χ4v) is 4.39. The normalized spacial score (nSPS) is 39.3. The molecule has 0 radical (unpaired) electrons. The van der Waals surface area contributed by atoms with E-state index in [2.05, 4.69) is 52.0 Å². The minimum atomic E-state index is 0.268. The van der Waals surface area contributed by atoms with Crippen LogP contribution >= 0.6 is 0 Å². The molecule has 0 aromatic carbocycles. The third kappa shape index (κ3) is 3.46. The number of nitrogens with one attached hydrogen (secondary N) is 1. The molecule has 3 nitrogen and oxygen atoms in total. The summed E-state index contributed by atoms with van der Waals surface area (Å²) in [6.45, 7) is 11.2. The van der Waals surface area contributed by atoms with Crippen molar-refractivity contribution in [1.29, 1.82) is 0 Å². The van der Waals surface area contributed by atoms with Gasteiger partial charge in [-0.3, -0.25) is 0 Å². The van der Waals surface area contributed by atoms with Crippen molar-refractivity contribution in [2.24, 2.45) is 11.3 Å². The second-order valence-electron chi connectivity index (χ2n) is 8.25. The Morgan fingerprint density at radius 3 is 2.52 bits per heavy atom. The van der Waals surface area contributed by atoms with E-state index in [1.807, 2.05) is 0 Å². The summed E-state index contributed by atoms with van der Waals surface area (Å²) < 4.78 is 5.85. The summed E-state index contributed by atoms with van der Waals surface area (Å²) in [5.41, 5.74) is 0.619. The van der Waals surface area contributed by atoms with Crippen LogP contribution in [0.2, 0.25) is 0 Å². The summed E-state index contributed by atoms with van der Waals surface area (Å²) in [5.74, 6) is 0.855. The van der Waals surface area contributed by atoms with Crippen molar-refractivity contribution in [2.45, 2.75) is 77.5 Å². The molecule has 3 heteroatoms. The van der Waals surface area contributed by atoms with Crippen LogP contribution in [0.25, 0.3) is 0 Å². The van der Waals surface area contributed by atoms with Crippen molar-refractivity contribution in [3.05, 3.63) is 0 Å². The van der Waals surface area contributed by atoms with Crippen LogP contribution < -0.4 is 5.32 Å². The molecule has 4 atom stereocenters. The molecule has 2 saturated carbocycles. The van der Waals surface area contributed by atoms with E-state index in [0.717, 1.165) is 19.1 Å². The maximum absolute atomic E-state index is 5.85. The van der Waals surface area contributed by atoms with Crippen molar-refractivity contribution in [2.75, 3.05) is 27.2 Å². The van der Waals surface area contributed by atoms with Gasteiger partial charge in [0.25, 0.3) is 0 Å². The van der Waals surface area contributed by atoms with Crippen molar-refractivity contribution >= 4 is 0 Å². The van der Waals surface area contributed by atoms with Gasteiger partial charge >= 0.3 is 0 Å². The zero-order chi connectivity index (χ0) is 15.7. The Balaban J connectivity index is 1.92. The Morgan fingerprint density at radius 2 is 2.00 bits per heavy atom. The molecule has 2 fully saturated rings. The fraction of sp³-hybridized carbons (Fsp3) is 1.00. The molecule has 0 bridgehead atoms. The third-order valence-corrected chi connectivity index (χ3v) is 6.24. The summed E-state index contributed by atoms with van der Waals surface area (Å²) in [6, 6.07) is 0.600. The predicted molar refractivity (Wildman–Crippen MR) is 89.7 cm³/mol. The molecule has 0 amide bonds. The van der Waals surface area contributed by atoms with Gasteiger partial charge in [-0.2, -0.15) is 0 Å². The van der Waals surface area contributed by atoms with Gasteiger partial charge in [-0.1, -0.05) is 33.6 Å². The summed E-state index contributed by atoms with van der Waals surface area (Å²) in [7, 11) is 4.52. The number of hydrogen-bond donors (Lipinski definition) is 1. The number of likely N-dealkylation sites (N-methyl/N-ethyl adjacent to an activating group) is 1.